The Labute approximate surface area is 146 Å². The summed E-state index contributed by atoms with van der Waals surface area (Å²) < 4.78 is 6.46. The van der Waals surface area contributed by atoms with Gasteiger partial charge in [-0.05, 0) is 44.4 Å². The molecule has 0 saturated carbocycles. The van der Waals surface area contributed by atoms with Crippen LogP contribution in [-0.4, -0.2) is 34.1 Å². The first-order valence-electron chi connectivity index (χ1n) is 8.93. The van der Waals surface area contributed by atoms with Gasteiger partial charge < -0.3 is 4.74 Å². The number of nitrogens with zero attached hydrogens (tertiary/aromatic N) is 2. The molecule has 3 nitrogen and oxygen atoms in total. The number of ether oxygens (including phenoxy) is 1. The Bertz CT molecular complexity index is 684. The van der Waals surface area contributed by atoms with Crippen LogP contribution in [0.15, 0.2) is 36.5 Å². The first-order chi connectivity index (χ1) is 11.2. The molecule has 130 valence electrons. The van der Waals surface area contributed by atoms with Crippen molar-refractivity contribution in [3.05, 3.63) is 36.5 Å². The number of rotatable bonds is 2. The first kappa shape index (κ1) is 17.2. The summed E-state index contributed by atoms with van der Waals surface area (Å²) in [5.41, 5.74) is 1.38. The molecule has 2 unspecified atom stereocenters. The SMILES string of the molecule is CC(C)(C)C1CC(Oc2ccnc3ccccc23)CN1C(C)(C)C. The highest BCUT2D eigenvalue weighted by molar-refractivity contribution is 5.84. The lowest BCUT2D eigenvalue weighted by Gasteiger charge is -2.42. The van der Waals surface area contributed by atoms with Gasteiger partial charge in [0.1, 0.15) is 11.9 Å². The van der Waals surface area contributed by atoms with Crippen LogP contribution in [0.4, 0.5) is 0 Å². The Hall–Kier alpha value is -1.61. The van der Waals surface area contributed by atoms with E-state index in [1.807, 2.05) is 30.5 Å². The van der Waals surface area contributed by atoms with Crippen LogP contribution in [-0.2, 0) is 0 Å². The second-order valence-electron chi connectivity index (χ2n) is 9.01. The molecular weight excluding hydrogens is 296 g/mol. The van der Waals surface area contributed by atoms with Crippen LogP contribution >= 0.6 is 0 Å². The number of fused-ring (bicyclic) bond motifs is 1. The van der Waals surface area contributed by atoms with E-state index in [0.29, 0.717) is 6.04 Å². The summed E-state index contributed by atoms with van der Waals surface area (Å²) in [6.07, 6.45) is 3.13. The van der Waals surface area contributed by atoms with Crippen molar-refractivity contribution < 1.29 is 4.74 Å². The van der Waals surface area contributed by atoms with Crippen LogP contribution in [0.25, 0.3) is 10.9 Å². The Balaban J connectivity index is 1.86. The molecule has 24 heavy (non-hydrogen) atoms. The number of para-hydroxylation sites is 1. The van der Waals surface area contributed by atoms with E-state index in [1.165, 1.54) is 0 Å². The molecule has 2 heterocycles. The monoisotopic (exact) mass is 326 g/mol. The zero-order valence-electron chi connectivity index (χ0n) is 15.8. The van der Waals surface area contributed by atoms with E-state index >= 15 is 0 Å². The van der Waals surface area contributed by atoms with Gasteiger partial charge in [0.05, 0.1) is 5.52 Å². The largest absolute Gasteiger partial charge is 0.488 e. The lowest BCUT2D eigenvalue weighted by molar-refractivity contribution is 0.0559. The molecule has 0 aliphatic carbocycles. The van der Waals surface area contributed by atoms with Gasteiger partial charge >= 0.3 is 0 Å². The number of pyridine rings is 1. The molecule has 2 atom stereocenters. The molecule has 0 radical (unpaired) electrons. The maximum Gasteiger partial charge on any atom is 0.130 e. The van der Waals surface area contributed by atoms with Crippen LogP contribution in [0.3, 0.4) is 0 Å². The second-order valence-corrected chi connectivity index (χ2v) is 9.01. The second kappa shape index (κ2) is 6.03. The van der Waals surface area contributed by atoms with E-state index in [2.05, 4.69) is 57.5 Å². The van der Waals surface area contributed by atoms with Crippen molar-refractivity contribution in [1.29, 1.82) is 0 Å². The van der Waals surface area contributed by atoms with Gasteiger partial charge in [0.2, 0.25) is 0 Å². The highest BCUT2D eigenvalue weighted by atomic mass is 16.5. The van der Waals surface area contributed by atoms with Crippen LogP contribution in [0.2, 0.25) is 0 Å². The number of hydrogen-bond acceptors (Lipinski definition) is 3. The summed E-state index contributed by atoms with van der Waals surface area (Å²) in [6, 6.07) is 10.7. The summed E-state index contributed by atoms with van der Waals surface area (Å²) in [4.78, 5) is 7.05. The molecule has 3 heteroatoms. The van der Waals surface area contributed by atoms with Crippen LogP contribution < -0.4 is 4.74 Å². The summed E-state index contributed by atoms with van der Waals surface area (Å²) in [5.74, 6) is 0.953. The molecule has 1 aliphatic rings. The predicted molar refractivity (Wildman–Crippen MR) is 100 cm³/mol. The maximum atomic E-state index is 6.46. The van der Waals surface area contributed by atoms with Crippen molar-refractivity contribution in [2.45, 2.75) is 65.6 Å². The third-order valence-corrected chi connectivity index (χ3v) is 5.03. The van der Waals surface area contributed by atoms with Gasteiger partial charge in [-0.15, -0.1) is 0 Å². The zero-order valence-corrected chi connectivity index (χ0v) is 15.8. The fourth-order valence-electron chi connectivity index (χ4n) is 3.80. The van der Waals surface area contributed by atoms with Crippen molar-refractivity contribution in [1.82, 2.24) is 9.88 Å². The Kier molecular flexibility index (Phi) is 4.33. The molecule has 1 fully saturated rings. The first-order valence-corrected chi connectivity index (χ1v) is 8.93. The minimum Gasteiger partial charge on any atom is -0.488 e. The number of aromatic nitrogens is 1. The van der Waals surface area contributed by atoms with Gasteiger partial charge in [0, 0.05) is 36.1 Å². The molecular formula is C21H30N2O. The number of hydrogen-bond donors (Lipinski definition) is 0. The fourth-order valence-corrected chi connectivity index (χ4v) is 3.80. The molecule has 0 spiro atoms. The van der Waals surface area contributed by atoms with Crippen molar-refractivity contribution in [3.63, 3.8) is 0 Å². The minimum absolute atomic E-state index is 0.149. The zero-order chi connectivity index (χ0) is 17.5. The Morgan fingerprint density at radius 1 is 1.04 bits per heavy atom. The van der Waals surface area contributed by atoms with E-state index < -0.39 is 0 Å². The summed E-state index contributed by atoms with van der Waals surface area (Å²) in [7, 11) is 0. The average Bonchev–Trinajstić information content (AvgIpc) is 2.92. The average molecular weight is 326 g/mol. The topological polar surface area (TPSA) is 25.4 Å². The quantitative estimate of drug-likeness (QED) is 0.785. The third-order valence-electron chi connectivity index (χ3n) is 5.03. The maximum absolute atomic E-state index is 6.46. The molecule has 0 bridgehead atoms. The summed E-state index contributed by atoms with van der Waals surface area (Å²) in [5, 5.41) is 1.10. The predicted octanol–water partition coefficient (Wildman–Crippen LogP) is 4.90. The van der Waals surface area contributed by atoms with E-state index in [0.717, 1.165) is 29.6 Å². The molecule has 0 amide bonds. The van der Waals surface area contributed by atoms with Crippen LogP contribution in [0.1, 0.15) is 48.0 Å². The Morgan fingerprint density at radius 2 is 1.75 bits per heavy atom. The molecule has 1 aromatic heterocycles. The molecule has 3 rings (SSSR count). The molecule has 1 aromatic carbocycles. The van der Waals surface area contributed by atoms with Gasteiger partial charge in [-0.25, -0.2) is 0 Å². The highest BCUT2D eigenvalue weighted by Crippen LogP contribution is 2.39. The molecule has 0 N–H and O–H groups in total. The number of benzene rings is 1. The molecule has 1 saturated heterocycles. The minimum atomic E-state index is 0.149. The van der Waals surface area contributed by atoms with Gasteiger partial charge in [-0.3, -0.25) is 9.88 Å². The lowest BCUT2D eigenvalue weighted by atomic mass is 9.83. The van der Waals surface area contributed by atoms with Crippen molar-refractivity contribution >= 4 is 10.9 Å². The van der Waals surface area contributed by atoms with Gasteiger partial charge in [-0.2, -0.15) is 0 Å². The molecule has 1 aliphatic heterocycles. The van der Waals surface area contributed by atoms with E-state index in [9.17, 15) is 0 Å². The van der Waals surface area contributed by atoms with Gasteiger partial charge in [0.25, 0.3) is 0 Å². The van der Waals surface area contributed by atoms with Gasteiger partial charge in [0.15, 0.2) is 0 Å². The van der Waals surface area contributed by atoms with Crippen molar-refractivity contribution in [2.24, 2.45) is 5.41 Å². The van der Waals surface area contributed by atoms with Crippen molar-refractivity contribution in [3.8, 4) is 5.75 Å². The van der Waals surface area contributed by atoms with E-state index in [-0.39, 0.29) is 17.1 Å². The summed E-state index contributed by atoms with van der Waals surface area (Å²) in [6.45, 7) is 14.9. The fraction of sp³-hybridized carbons (Fsp3) is 0.571. The van der Waals surface area contributed by atoms with Crippen molar-refractivity contribution in [2.75, 3.05) is 6.54 Å². The smallest absolute Gasteiger partial charge is 0.130 e. The summed E-state index contributed by atoms with van der Waals surface area (Å²) >= 11 is 0. The highest BCUT2D eigenvalue weighted by Gasteiger charge is 2.44. The van der Waals surface area contributed by atoms with E-state index in [1.54, 1.807) is 0 Å². The van der Waals surface area contributed by atoms with Gasteiger partial charge in [-0.1, -0.05) is 32.9 Å². The van der Waals surface area contributed by atoms with E-state index in [4.69, 9.17) is 4.74 Å². The Morgan fingerprint density at radius 3 is 2.38 bits per heavy atom. The molecule has 2 aromatic rings. The number of likely N-dealkylation sites (tertiary alicyclic amines) is 1. The standard InChI is InChI=1S/C21H30N2O/c1-20(2,3)19-13-15(14-23(19)21(4,5)6)24-18-11-12-22-17-10-8-7-9-16(17)18/h7-12,15,19H,13-14H2,1-6H3. The normalized spacial score (nSPS) is 22.9. The van der Waals surface area contributed by atoms with Crippen LogP contribution in [0, 0.1) is 5.41 Å². The van der Waals surface area contributed by atoms with Crippen LogP contribution in [0.5, 0.6) is 5.75 Å². The lowest BCUT2D eigenvalue weighted by Crippen LogP contribution is -2.49. The third kappa shape index (κ3) is 3.41.